The van der Waals surface area contributed by atoms with E-state index in [1.807, 2.05) is 0 Å². The van der Waals surface area contributed by atoms with E-state index in [2.05, 4.69) is 25.9 Å². The number of fused-ring (bicyclic) bond motifs is 1. The SMILES string of the molecule is C=CCOC1=NS(=O)(=O)c2ccccc21.O=CNc1csnn1. The molecule has 0 saturated carbocycles. The zero-order valence-corrected chi connectivity index (χ0v) is 13.4. The summed E-state index contributed by atoms with van der Waals surface area (Å²) < 4.78 is 35.3. The Bertz CT molecular complexity index is 816. The standard InChI is InChI=1S/C10H9NO3S.C3H3N3OS/c1-2-7-14-10-8-5-3-4-6-9(8)15(12,13)11-10;7-2-4-3-1-8-6-5-3/h2-6H,1,7H2;1-2H,(H,4,7). The predicted octanol–water partition coefficient (Wildman–Crippen LogP) is 1.44. The van der Waals surface area contributed by atoms with Crippen LogP contribution in [0.25, 0.3) is 0 Å². The van der Waals surface area contributed by atoms with E-state index in [-0.39, 0.29) is 17.4 Å². The minimum atomic E-state index is -3.56. The average molecular weight is 352 g/mol. The maximum absolute atomic E-state index is 11.5. The van der Waals surface area contributed by atoms with E-state index in [4.69, 9.17) is 4.74 Å². The highest BCUT2D eigenvalue weighted by atomic mass is 32.2. The largest absolute Gasteiger partial charge is 0.472 e. The van der Waals surface area contributed by atoms with Crippen LogP contribution in [0.4, 0.5) is 5.82 Å². The van der Waals surface area contributed by atoms with Crippen LogP contribution in [0.15, 0.2) is 51.6 Å². The first-order chi connectivity index (χ1) is 11.1. The Balaban J connectivity index is 0.000000203. The van der Waals surface area contributed by atoms with Crippen molar-refractivity contribution in [1.29, 1.82) is 0 Å². The van der Waals surface area contributed by atoms with Gasteiger partial charge in [0.2, 0.25) is 12.3 Å². The molecule has 2 heterocycles. The first-order valence-electron chi connectivity index (χ1n) is 6.24. The molecule has 3 rings (SSSR count). The molecule has 1 aromatic carbocycles. The van der Waals surface area contributed by atoms with Gasteiger partial charge in [-0.1, -0.05) is 29.3 Å². The number of benzene rings is 1. The summed E-state index contributed by atoms with van der Waals surface area (Å²) in [4.78, 5) is 9.90. The highest BCUT2D eigenvalue weighted by molar-refractivity contribution is 7.90. The van der Waals surface area contributed by atoms with Crippen molar-refractivity contribution in [1.82, 2.24) is 9.59 Å². The summed E-state index contributed by atoms with van der Waals surface area (Å²) in [7, 11) is -3.56. The first kappa shape index (κ1) is 16.8. The highest BCUT2D eigenvalue weighted by Gasteiger charge is 2.29. The Morgan fingerprint density at radius 2 is 2.13 bits per heavy atom. The summed E-state index contributed by atoms with van der Waals surface area (Å²) in [6.07, 6.45) is 2.10. The van der Waals surface area contributed by atoms with Crippen LogP contribution < -0.4 is 5.32 Å². The summed E-state index contributed by atoms with van der Waals surface area (Å²) in [6, 6.07) is 6.58. The third-order valence-corrected chi connectivity index (χ3v) is 4.33. The first-order valence-corrected chi connectivity index (χ1v) is 8.51. The van der Waals surface area contributed by atoms with Gasteiger partial charge in [0, 0.05) is 0 Å². The smallest absolute Gasteiger partial charge is 0.286 e. The fourth-order valence-corrected chi connectivity index (χ4v) is 3.15. The van der Waals surface area contributed by atoms with Crippen molar-refractivity contribution in [2.45, 2.75) is 4.90 Å². The fraction of sp³-hybridized carbons (Fsp3) is 0.0769. The van der Waals surface area contributed by atoms with Gasteiger partial charge in [-0.15, -0.1) is 9.50 Å². The molecule has 1 amide bonds. The molecule has 1 N–H and O–H groups in total. The summed E-state index contributed by atoms with van der Waals surface area (Å²) >= 11 is 1.20. The van der Waals surface area contributed by atoms with Gasteiger partial charge in [0.1, 0.15) is 11.5 Å². The van der Waals surface area contributed by atoms with Crippen LogP contribution in [0, 0.1) is 0 Å². The second-order valence-electron chi connectivity index (χ2n) is 4.02. The molecule has 2 aromatic rings. The number of carbonyl (C=O) groups is 1. The van der Waals surface area contributed by atoms with E-state index in [1.54, 1.807) is 23.6 Å². The molecule has 0 radical (unpaired) electrons. The van der Waals surface area contributed by atoms with Gasteiger partial charge in [0.25, 0.3) is 10.0 Å². The highest BCUT2D eigenvalue weighted by Crippen LogP contribution is 2.26. The number of nitrogens with zero attached hydrogens (tertiary/aromatic N) is 3. The second-order valence-corrected chi connectivity index (χ2v) is 6.20. The van der Waals surface area contributed by atoms with Gasteiger partial charge in [-0.2, -0.15) is 8.42 Å². The molecule has 1 aliphatic heterocycles. The molecule has 120 valence electrons. The maximum Gasteiger partial charge on any atom is 0.286 e. The molecule has 0 atom stereocenters. The Morgan fingerprint density at radius 3 is 2.78 bits per heavy atom. The number of sulfonamides is 1. The summed E-state index contributed by atoms with van der Waals surface area (Å²) in [5.74, 6) is 0.649. The van der Waals surface area contributed by atoms with Crippen LogP contribution in [0.1, 0.15) is 5.56 Å². The maximum atomic E-state index is 11.5. The molecule has 0 fully saturated rings. The van der Waals surface area contributed by atoms with Crippen LogP contribution in [-0.4, -0.2) is 36.9 Å². The lowest BCUT2D eigenvalue weighted by Gasteiger charge is -2.01. The molecule has 8 nitrogen and oxygen atoms in total. The summed E-state index contributed by atoms with van der Waals surface area (Å²) in [5.41, 5.74) is 0.513. The Labute approximate surface area is 136 Å². The normalized spacial score (nSPS) is 13.8. The second kappa shape index (κ2) is 7.61. The van der Waals surface area contributed by atoms with Crippen molar-refractivity contribution >= 4 is 39.7 Å². The van der Waals surface area contributed by atoms with Gasteiger partial charge >= 0.3 is 0 Å². The van der Waals surface area contributed by atoms with Crippen LogP contribution in [0.5, 0.6) is 0 Å². The molecule has 0 spiro atoms. The molecule has 0 saturated heterocycles. The molecule has 1 aromatic heterocycles. The van der Waals surface area contributed by atoms with E-state index in [1.165, 1.54) is 23.7 Å². The van der Waals surface area contributed by atoms with Crippen LogP contribution >= 0.6 is 11.5 Å². The average Bonchev–Trinajstić information content (AvgIpc) is 3.13. The van der Waals surface area contributed by atoms with Crippen molar-refractivity contribution in [2.75, 3.05) is 11.9 Å². The van der Waals surface area contributed by atoms with Gasteiger partial charge in [-0.25, -0.2) is 0 Å². The van der Waals surface area contributed by atoms with Gasteiger partial charge in [-0.05, 0) is 23.7 Å². The van der Waals surface area contributed by atoms with Crippen molar-refractivity contribution < 1.29 is 17.9 Å². The molecule has 1 aliphatic rings. The monoisotopic (exact) mass is 352 g/mol. The predicted molar refractivity (Wildman–Crippen MR) is 85.9 cm³/mol. The number of hydrogen-bond acceptors (Lipinski definition) is 7. The van der Waals surface area contributed by atoms with Gasteiger partial charge in [-0.3, -0.25) is 4.79 Å². The van der Waals surface area contributed by atoms with Crippen molar-refractivity contribution in [3.05, 3.63) is 47.9 Å². The lowest BCUT2D eigenvalue weighted by Crippen LogP contribution is -2.03. The molecule has 23 heavy (non-hydrogen) atoms. The summed E-state index contributed by atoms with van der Waals surface area (Å²) in [6.45, 7) is 3.72. The van der Waals surface area contributed by atoms with Crippen molar-refractivity contribution in [2.24, 2.45) is 4.40 Å². The number of nitrogens with one attached hydrogen (secondary N) is 1. The molecule has 0 aliphatic carbocycles. The molecule has 0 unspecified atom stereocenters. The summed E-state index contributed by atoms with van der Waals surface area (Å²) in [5, 5.41) is 7.52. The Morgan fingerprint density at radius 1 is 1.35 bits per heavy atom. The van der Waals surface area contributed by atoms with Gasteiger partial charge < -0.3 is 10.1 Å². The molecule has 0 bridgehead atoms. The Kier molecular flexibility index (Phi) is 5.55. The van der Waals surface area contributed by atoms with E-state index in [9.17, 15) is 13.2 Å². The third-order valence-electron chi connectivity index (χ3n) is 2.50. The number of ether oxygens (including phenoxy) is 1. The number of anilines is 1. The van der Waals surface area contributed by atoms with Gasteiger partial charge in [0.15, 0.2) is 5.82 Å². The zero-order valence-electron chi connectivity index (χ0n) is 11.7. The van der Waals surface area contributed by atoms with Crippen LogP contribution in [-0.2, 0) is 19.6 Å². The minimum absolute atomic E-state index is 0.144. The lowest BCUT2D eigenvalue weighted by molar-refractivity contribution is -0.105. The Hall–Kier alpha value is -2.59. The molecular formula is C13H12N4O4S2. The minimum Gasteiger partial charge on any atom is -0.472 e. The lowest BCUT2D eigenvalue weighted by atomic mass is 10.2. The number of aromatic nitrogens is 2. The number of rotatable bonds is 4. The number of hydrogen-bond donors (Lipinski definition) is 1. The fourth-order valence-electron chi connectivity index (χ4n) is 1.61. The van der Waals surface area contributed by atoms with Crippen molar-refractivity contribution in [3.63, 3.8) is 0 Å². The van der Waals surface area contributed by atoms with Crippen LogP contribution in [0.3, 0.4) is 0 Å². The molecular weight excluding hydrogens is 340 g/mol. The van der Waals surface area contributed by atoms with E-state index >= 15 is 0 Å². The number of amides is 1. The van der Waals surface area contributed by atoms with Gasteiger partial charge in [0.05, 0.1) is 10.9 Å². The quantitative estimate of drug-likeness (QED) is 0.658. The van der Waals surface area contributed by atoms with Crippen molar-refractivity contribution in [3.8, 4) is 0 Å². The van der Waals surface area contributed by atoms with E-state index in [0.29, 0.717) is 17.8 Å². The zero-order chi connectivity index (χ0) is 16.7. The number of carbonyl (C=O) groups excluding carboxylic acids is 1. The van der Waals surface area contributed by atoms with Crippen LogP contribution in [0.2, 0.25) is 0 Å². The van der Waals surface area contributed by atoms with E-state index < -0.39 is 10.0 Å². The third kappa shape index (κ3) is 4.20. The molecule has 10 heteroatoms. The van der Waals surface area contributed by atoms with E-state index in [0.717, 1.165) is 0 Å². The topological polar surface area (TPSA) is 111 Å².